The van der Waals surface area contributed by atoms with Crippen LogP contribution in [0.15, 0.2) is 36.4 Å². The van der Waals surface area contributed by atoms with E-state index in [1.165, 1.54) is 4.88 Å². The maximum atomic E-state index is 6.44. The van der Waals surface area contributed by atoms with E-state index in [1.807, 2.05) is 30.3 Å². The molecule has 0 aliphatic carbocycles. The smallest absolute Gasteiger partial charge is 0.0499 e. The van der Waals surface area contributed by atoms with Crippen LogP contribution in [0.2, 0.25) is 15.1 Å². The lowest BCUT2D eigenvalue weighted by Crippen LogP contribution is -2.21. The van der Waals surface area contributed by atoms with Crippen molar-refractivity contribution in [3.8, 4) is 11.1 Å². The van der Waals surface area contributed by atoms with E-state index in [0.29, 0.717) is 16.6 Å². The number of thiophene rings is 1. The number of nitrogens with one attached hydrogen (secondary N) is 1. The van der Waals surface area contributed by atoms with E-state index in [-0.39, 0.29) is 0 Å². The minimum atomic E-state index is 0.605. The zero-order valence-electron chi connectivity index (χ0n) is 12.2. The van der Waals surface area contributed by atoms with Crippen molar-refractivity contribution in [2.24, 2.45) is 5.73 Å². The number of nitrogens with two attached hydrogens (primary N) is 1. The molecule has 3 aromatic rings. The van der Waals surface area contributed by atoms with Crippen LogP contribution in [0.4, 0.5) is 0 Å². The molecule has 1 aromatic heterocycles. The fourth-order valence-electron chi connectivity index (χ4n) is 2.54. The first-order chi connectivity index (χ1) is 11.1. The lowest BCUT2D eigenvalue weighted by Gasteiger charge is -2.09. The van der Waals surface area contributed by atoms with E-state index in [0.717, 1.165) is 39.3 Å². The van der Waals surface area contributed by atoms with Gasteiger partial charge in [-0.25, -0.2) is 0 Å². The molecule has 0 unspecified atom stereocenters. The van der Waals surface area contributed by atoms with E-state index in [9.17, 15) is 0 Å². The third-order valence-electron chi connectivity index (χ3n) is 3.53. The van der Waals surface area contributed by atoms with Crippen LogP contribution in [0.3, 0.4) is 0 Å². The summed E-state index contributed by atoms with van der Waals surface area (Å²) in [5.74, 6) is 0. The summed E-state index contributed by atoms with van der Waals surface area (Å²) < 4.78 is 1.14. The highest BCUT2D eigenvalue weighted by Gasteiger charge is 2.16. The maximum Gasteiger partial charge on any atom is 0.0499 e. The van der Waals surface area contributed by atoms with Crippen LogP contribution in [0.25, 0.3) is 21.2 Å². The van der Waals surface area contributed by atoms with Gasteiger partial charge in [-0.05, 0) is 24.3 Å². The Morgan fingerprint density at radius 3 is 2.48 bits per heavy atom. The number of fused-ring (bicyclic) bond motifs is 1. The number of hydrogen-bond donors (Lipinski definition) is 2. The Morgan fingerprint density at radius 1 is 1.00 bits per heavy atom. The quantitative estimate of drug-likeness (QED) is 0.563. The van der Waals surface area contributed by atoms with Crippen LogP contribution in [0.5, 0.6) is 0 Å². The Hall–Kier alpha value is -0.810. The standard InChI is InChI=1S/C17H15Cl3N2S/c18-10-1-3-12(14(20)7-10)17-13-4-2-11(19)8-15(13)23-16(17)9-22-6-5-21/h1-4,7-8,22H,5-6,9,21H2. The molecular weight excluding hydrogens is 371 g/mol. The molecule has 2 nitrogen and oxygen atoms in total. The first-order valence-corrected chi connectivity index (χ1v) is 9.12. The predicted molar refractivity (Wildman–Crippen MR) is 103 cm³/mol. The van der Waals surface area contributed by atoms with Gasteiger partial charge in [0, 0.05) is 60.8 Å². The summed E-state index contributed by atoms with van der Waals surface area (Å²) in [5.41, 5.74) is 7.68. The van der Waals surface area contributed by atoms with Gasteiger partial charge in [0.15, 0.2) is 0 Å². The van der Waals surface area contributed by atoms with Gasteiger partial charge in [0.1, 0.15) is 0 Å². The molecule has 0 fully saturated rings. The van der Waals surface area contributed by atoms with Crippen molar-refractivity contribution in [1.29, 1.82) is 0 Å². The highest BCUT2D eigenvalue weighted by molar-refractivity contribution is 7.19. The van der Waals surface area contributed by atoms with Crippen molar-refractivity contribution in [3.63, 3.8) is 0 Å². The van der Waals surface area contributed by atoms with E-state index in [4.69, 9.17) is 40.5 Å². The van der Waals surface area contributed by atoms with Crippen molar-refractivity contribution in [2.75, 3.05) is 13.1 Å². The van der Waals surface area contributed by atoms with Gasteiger partial charge in [-0.2, -0.15) is 0 Å². The summed E-state index contributed by atoms with van der Waals surface area (Å²) in [6, 6.07) is 11.5. The molecule has 0 spiro atoms. The summed E-state index contributed by atoms with van der Waals surface area (Å²) in [6.07, 6.45) is 0. The molecule has 1 heterocycles. The molecule has 0 bridgehead atoms. The zero-order chi connectivity index (χ0) is 16.4. The Labute approximate surface area is 154 Å². The SMILES string of the molecule is NCCNCc1sc2cc(Cl)ccc2c1-c1ccc(Cl)cc1Cl. The van der Waals surface area contributed by atoms with Crippen molar-refractivity contribution in [1.82, 2.24) is 5.32 Å². The summed E-state index contributed by atoms with van der Waals surface area (Å²) in [5, 5.41) is 6.50. The average Bonchev–Trinajstić information content (AvgIpc) is 2.85. The minimum absolute atomic E-state index is 0.605. The second-order valence-electron chi connectivity index (χ2n) is 5.13. The van der Waals surface area contributed by atoms with Gasteiger partial charge >= 0.3 is 0 Å². The van der Waals surface area contributed by atoms with Gasteiger partial charge in [-0.1, -0.05) is 46.9 Å². The van der Waals surface area contributed by atoms with Crippen LogP contribution in [-0.4, -0.2) is 13.1 Å². The minimum Gasteiger partial charge on any atom is -0.329 e. The van der Waals surface area contributed by atoms with Gasteiger partial charge in [-0.15, -0.1) is 11.3 Å². The van der Waals surface area contributed by atoms with Gasteiger partial charge in [0.05, 0.1) is 0 Å². The first-order valence-electron chi connectivity index (χ1n) is 7.17. The Bertz CT molecular complexity index is 845. The van der Waals surface area contributed by atoms with Crippen LogP contribution < -0.4 is 11.1 Å². The second-order valence-corrected chi connectivity index (χ2v) is 7.55. The van der Waals surface area contributed by atoms with Crippen molar-refractivity contribution in [2.45, 2.75) is 6.54 Å². The number of hydrogen-bond acceptors (Lipinski definition) is 3. The Kier molecular flexibility index (Phi) is 5.47. The molecule has 3 rings (SSSR count). The van der Waals surface area contributed by atoms with E-state index < -0.39 is 0 Å². The summed E-state index contributed by atoms with van der Waals surface area (Å²) >= 11 is 20.3. The summed E-state index contributed by atoms with van der Waals surface area (Å²) in [4.78, 5) is 1.21. The molecule has 2 aromatic carbocycles. The average molecular weight is 386 g/mol. The molecule has 0 aliphatic heterocycles. The van der Waals surface area contributed by atoms with Gasteiger partial charge in [-0.3, -0.25) is 0 Å². The molecular formula is C17H15Cl3N2S. The highest BCUT2D eigenvalue weighted by atomic mass is 35.5. The molecule has 0 aliphatic rings. The molecule has 0 amide bonds. The lowest BCUT2D eigenvalue weighted by molar-refractivity contribution is 0.702. The molecule has 23 heavy (non-hydrogen) atoms. The molecule has 0 atom stereocenters. The number of benzene rings is 2. The van der Waals surface area contributed by atoms with Crippen LogP contribution in [-0.2, 0) is 6.54 Å². The van der Waals surface area contributed by atoms with E-state index in [2.05, 4.69) is 5.32 Å². The molecule has 0 saturated heterocycles. The highest BCUT2D eigenvalue weighted by Crippen LogP contribution is 2.42. The van der Waals surface area contributed by atoms with Crippen LogP contribution in [0.1, 0.15) is 4.88 Å². The largest absolute Gasteiger partial charge is 0.329 e. The molecule has 6 heteroatoms. The van der Waals surface area contributed by atoms with Crippen molar-refractivity contribution in [3.05, 3.63) is 56.3 Å². The molecule has 3 N–H and O–H groups in total. The van der Waals surface area contributed by atoms with Crippen molar-refractivity contribution < 1.29 is 0 Å². The topological polar surface area (TPSA) is 38.0 Å². The molecule has 0 radical (unpaired) electrons. The van der Waals surface area contributed by atoms with Crippen molar-refractivity contribution >= 4 is 56.2 Å². The normalized spacial score (nSPS) is 11.3. The maximum absolute atomic E-state index is 6.44. The third kappa shape index (κ3) is 3.66. The summed E-state index contributed by atoms with van der Waals surface area (Å²) in [6.45, 7) is 2.11. The van der Waals surface area contributed by atoms with E-state index >= 15 is 0 Å². The molecule has 120 valence electrons. The van der Waals surface area contributed by atoms with Crippen LogP contribution >= 0.6 is 46.1 Å². The fraction of sp³-hybridized carbons (Fsp3) is 0.176. The second kappa shape index (κ2) is 7.39. The predicted octanol–water partition coefficient (Wildman–Crippen LogP) is 5.58. The monoisotopic (exact) mass is 384 g/mol. The number of halogens is 3. The third-order valence-corrected chi connectivity index (χ3v) is 5.47. The fourth-order valence-corrected chi connectivity index (χ4v) is 4.50. The molecule has 0 saturated carbocycles. The summed E-state index contributed by atoms with van der Waals surface area (Å²) in [7, 11) is 0. The first kappa shape index (κ1) is 17.0. The number of rotatable bonds is 5. The van der Waals surface area contributed by atoms with Crippen LogP contribution in [0, 0.1) is 0 Å². The van der Waals surface area contributed by atoms with Gasteiger partial charge in [0.2, 0.25) is 0 Å². The van der Waals surface area contributed by atoms with Gasteiger partial charge in [0.25, 0.3) is 0 Å². The Morgan fingerprint density at radius 2 is 1.74 bits per heavy atom. The Balaban J connectivity index is 2.17. The van der Waals surface area contributed by atoms with Gasteiger partial charge < -0.3 is 11.1 Å². The zero-order valence-corrected chi connectivity index (χ0v) is 15.3. The van der Waals surface area contributed by atoms with E-state index in [1.54, 1.807) is 17.4 Å². The lowest BCUT2D eigenvalue weighted by atomic mass is 10.0.